The van der Waals surface area contributed by atoms with E-state index in [0.717, 1.165) is 10.4 Å². The van der Waals surface area contributed by atoms with Gasteiger partial charge >= 0.3 is 5.97 Å². The van der Waals surface area contributed by atoms with Crippen LogP contribution in [0.15, 0.2) is 56.8 Å². The number of thiophene rings is 1. The van der Waals surface area contributed by atoms with Gasteiger partial charge in [0, 0.05) is 4.88 Å². The summed E-state index contributed by atoms with van der Waals surface area (Å²) in [6, 6.07) is 8.69. The third-order valence-electron chi connectivity index (χ3n) is 5.10. The molecule has 0 radical (unpaired) electrons. The molecule has 9 heteroatoms. The molecule has 0 spiro atoms. The van der Waals surface area contributed by atoms with Crippen LogP contribution in [0.2, 0.25) is 0 Å². The Balaban J connectivity index is 1.89. The summed E-state index contributed by atoms with van der Waals surface area (Å²) in [5, 5.41) is 1.93. The van der Waals surface area contributed by atoms with Crippen molar-refractivity contribution in [2.75, 3.05) is 14.2 Å². The van der Waals surface area contributed by atoms with Gasteiger partial charge in [-0.05, 0) is 56.0 Å². The number of aromatic nitrogens is 1. The van der Waals surface area contributed by atoms with Gasteiger partial charge in [0.15, 0.2) is 16.3 Å². The molecule has 2 aromatic heterocycles. The molecule has 33 heavy (non-hydrogen) atoms. The van der Waals surface area contributed by atoms with Gasteiger partial charge < -0.3 is 14.2 Å². The fraction of sp³-hybridized carbons (Fsp3) is 0.292. The second kappa shape index (κ2) is 9.36. The van der Waals surface area contributed by atoms with E-state index in [9.17, 15) is 9.59 Å². The Hall–Kier alpha value is -3.17. The second-order valence-corrected chi connectivity index (χ2v) is 9.65. The van der Waals surface area contributed by atoms with Gasteiger partial charge in [0.1, 0.15) is 6.04 Å². The Morgan fingerprint density at radius 2 is 1.94 bits per heavy atom. The normalized spacial score (nSPS) is 15.9. The molecule has 4 rings (SSSR count). The predicted molar refractivity (Wildman–Crippen MR) is 129 cm³/mol. The number of esters is 1. The van der Waals surface area contributed by atoms with Gasteiger partial charge in [-0.1, -0.05) is 23.5 Å². The second-order valence-electron chi connectivity index (χ2n) is 7.67. The maximum Gasteiger partial charge on any atom is 0.338 e. The SMILES string of the molecule is COc1ccc(C=c2sc3n(c2=O)[C@H](c2cccs2)C(C(=O)OC(C)C)=C(C)N=3)cc1OC. The summed E-state index contributed by atoms with van der Waals surface area (Å²) in [6.07, 6.45) is 1.51. The van der Waals surface area contributed by atoms with E-state index in [-0.39, 0.29) is 11.7 Å². The summed E-state index contributed by atoms with van der Waals surface area (Å²) in [6.45, 7) is 5.38. The molecular weight excluding hydrogens is 460 g/mol. The van der Waals surface area contributed by atoms with E-state index >= 15 is 0 Å². The number of nitrogens with zero attached hydrogens (tertiary/aromatic N) is 2. The number of thiazole rings is 1. The molecule has 1 aliphatic heterocycles. The van der Waals surface area contributed by atoms with E-state index in [1.54, 1.807) is 51.7 Å². The highest BCUT2D eigenvalue weighted by molar-refractivity contribution is 7.10. The van der Waals surface area contributed by atoms with Crippen LogP contribution in [-0.2, 0) is 9.53 Å². The van der Waals surface area contributed by atoms with Gasteiger partial charge in [0.25, 0.3) is 5.56 Å². The monoisotopic (exact) mass is 484 g/mol. The third kappa shape index (κ3) is 4.38. The smallest absolute Gasteiger partial charge is 0.338 e. The highest BCUT2D eigenvalue weighted by atomic mass is 32.1. The van der Waals surface area contributed by atoms with E-state index in [4.69, 9.17) is 14.2 Å². The Kier molecular flexibility index (Phi) is 6.53. The average Bonchev–Trinajstić information content (AvgIpc) is 3.41. The molecular formula is C24H24N2O5S2. The van der Waals surface area contributed by atoms with E-state index in [1.165, 1.54) is 22.7 Å². The summed E-state index contributed by atoms with van der Waals surface area (Å²) in [7, 11) is 3.14. The number of fused-ring (bicyclic) bond motifs is 1. The van der Waals surface area contributed by atoms with Crippen molar-refractivity contribution in [2.45, 2.75) is 32.9 Å². The average molecular weight is 485 g/mol. The number of methoxy groups -OCH3 is 2. The largest absolute Gasteiger partial charge is 0.493 e. The minimum atomic E-state index is -0.583. The summed E-state index contributed by atoms with van der Waals surface area (Å²) in [5.41, 5.74) is 1.52. The Morgan fingerprint density at radius 3 is 2.58 bits per heavy atom. The fourth-order valence-corrected chi connectivity index (χ4v) is 5.54. The number of rotatable bonds is 6. The minimum Gasteiger partial charge on any atom is -0.493 e. The lowest BCUT2D eigenvalue weighted by Crippen LogP contribution is -2.39. The molecule has 0 N–H and O–H groups in total. The summed E-state index contributed by atoms with van der Waals surface area (Å²) >= 11 is 2.77. The number of hydrogen-bond acceptors (Lipinski definition) is 8. The van der Waals surface area contributed by atoms with E-state index in [2.05, 4.69) is 4.99 Å². The lowest BCUT2D eigenvalue weighted by molar-refractivity contribution is -0.143. The molecule has 0 unspecified atom stereocenters. The van der Waals surface area contributed by atoms with Crippen LogP contribution in [0, 0.1) is 0 Å². The van der Waals surface area contributed by atoms with E-state index < -0.39 is 12.0 Å². The maximum absolute atomic E-state index is 13.6. The summed E-state index contributed by atoms with van der Waals surface area (Å²) in [5.74, 6) is 0.724. The molecule has 0 aliphatic carbocycles. The fourth-order valence-electron chi connectivity index (χ4n) is 3.67. The standard InChI is InChI=1S/C24H24N2O5S2/c1-13(2)31-23(28)20-14(3)25-24-26(21(20)18-7-6-10-32-18)22(27)19(33-24)12-15-8-9-16(29-4)17(11-15)30-5/h6-13,21H,1-5H3/t21-/m1/s1. The first-order valence-corrected chi connectivity index (χ1v) is 12.0. The lowest BCUT2D eigenvalue weighted by Gasteiger charge is -2.24. The molecule has 0 saturated heterocycles. The van der Waals surface area contributed by atoms with Crippen LogP contribution in [0.1, 0.15) is 37.3 Å². The van der Waals surface area contributed by atoms with Gasteiger partial charge in [0.05, 0.1) is 36.1 Å². The Labute approximate surface area is 198 Å². The zero-order chi connectivity index (χ0) is 23.7. The van der Waals surface area contributed by atoms with Gasteiger partial charge in [-0.15, -0.1) is 11.3 Å². The van der Waals surface area contributed by atoms with Crippen LogP contribution in [0.5, 0.6) is 11.5 Å². The number of ether oxygens (including phenoxy) is 3. The first kappa shape index (κ1) is 23.0. The molecule has 0 bridgehead atoms. The molecule has 1 atom stereocenters. The van der Waals surface area contributed by atoms with Crippen molar-refractivity contribution in [3.63, 3.8) is 0 Å². The molecule has 3 heterocycles. The van der Waals surface area contributed by atoms with Gasteiger partial charge in [-0.3, -0.25) is 9.36 Å². The van der Waals surface area contributed by atoms with Crippen molar-refractivity contribution < 1.29 is 19.0 Å². The van der Waals surface area contributed by atoms with Crippen LogP contribution >= 0.6 is 22.7 Å². The van der Waals surface area contributed by atoms with Gasteiger partial charge in [-0.25, -0.2) is 9.79 Å². The highest BCUT2D eigenvalue weighted by Gasteiger charge is 2.34. The number of carbonyl (C=O) groups is 1. The van der Waals surface area contributed by atoms with Crippen LogP contribution in [-0.4, -0.2) is 30.9 Å². The molecule has 1 aliphatic rings. The molecule has 3 aromatic rings. The molecule has 0 saturated carbocycles. The molecule has 7 nitrogen and oxygen atoms in total. The van der Waals surface area contributed by atoms with Crippen molar-refractivity contribution in [1.29, 1.82) is 0 Å². The van der Waals surface area contributed by atoms with E-state index in [0.29, 0.717) is 32.1 Å². The van der Waals surface area contributed by atoms with Crippen LogP contribution in [0.3, 0.4) is 0 Å². The number of allylic oxidation sites excluding steroid dienone is 1. The molecule has 1 aromatic carbocycles. The maximum atomic E-state index is 13.6. The quantitative estimate of drug-likeness (QED) is 0.502. The van der Waals surface area contributed by atoms with E-state index in [1.807, 2.05) is 29.6 Å². The minimum absolute atomic E-state index is 0.214. The first-order chi connectivity index (χ1) is 15.8. The predicted octanol–water partition coefficient (Wildman–Crippen LogP) is 3.27. The van der Waals surface area contributed by atoms with Crippen molar-refractivity contribution in [3.8, 4) is 11.5 Å². The number of carbonyl (C=O) groups excluding carboxylic acids is 1. The summed E-state index contributed by atoms with van der Waals surface area (Å²) < 4.78 is 18.3. The zero-order valence-corrected chi connectivity index (χ0v) is 20.6. The zero-order valence-electron chi connectivity index (χ0n) is 18.9. The molecule has 0 amide bonds. The summed E-state index contributed by atoms with van der Waals surface area (Å²) in [4.78, 5) is 32.6. The lowest BCUT2D eigenvalue weighted by atomic mass is 10.0. The van der Waals surface area contributed by atoms with Crippen LogP contribution in [0.4, 0.5) is 0 Å². The van der Waals surface area contributed by atoms with Gasteiger partial charge in [0.2, 0.25) is 0 Å². The van der Waals surface area contributed by atoms with Gasteiger partial charge in [-0.2, -0.15) is 0 Å². The molecule has 172 valence electrons. The van der Waals surface area contributed by atoms with Crippen molar-refractivity contribution >= 4 is 34.7 Å². The topological polar surface area (TPSA) is 79.1 Å². The van der Waals surface area contributed by atoms with Crippen LogP contribution in [0.25, 0.3) is 6.08 Å². The molecule has 0 fully saturated rings. The van der Waals surface area contributed by atoms with Crippen molar-refractivity contribution in [2.24, 2.45) is 4.99 Å². The van der Waals surface area contributed by atoms with Crippen molar-refractivity contribution in [1.82, 2.24) is 4.57 Å². The van der Waals surface area contributed by atoms with Crippen LogP contribution < -0.4 is 24.4 Å². The Morgan fingerprint density at radius 1 is 1.18 bits per heavy atom. The number of hydrogen-bond donors (Lipinski definition) is 0. The number of benzene rings is 1. The van der Waals surface area contributed by atoms with Crippen molar-refractivity contribution in [3.05, 3.63) is 77.1 Å². The first-order valence-electron chi connectivity index (χ1n) is 10.3. The third-order valence-corrected chi connectivity index (χ3v) is 7.01. The Bertz CT molecular complexity index is 1400. The highest BCUT2D eigenvalue weighted by Crippen LogP contribution is 2.33.